The number of dihydropyridines is 1. The quantitative estimate of drug-likeness (QED) is 0.182. The number of anilines is 1. The number of ether oxygens (including phenoxy) is 1. The number of piperazine rings is 1. The van der Waals surface area contributed by atoms with Gasteiger partial charge in [-0.15, -0.1) is 10.2 Å². The molecule has 0 radical (unpaired) electrons. The monoisotopic (exact) mass is 544 g/mol. The standard InChI is InChI=1S/C29H32N6O5/c1-20-25(28-32-30-19-40-28)27(22-8-6-11-24(18-22)35(37)38)26(21(2)31-20)29(36)39-17-7-12-33-13-15-34(16-14-33)23-9-4-3-5-10-23/h3-6,8-11,18-19,27,31H,7,12-17H2,1-2H3. The van der Waals surface area contributed by atoms with Crippen LogP contribution in [0.2, 0.25) is 0 Å². The van der Waals surface area contributed by atoms with Gasteiger partial charge in [0.05, 0.1) is 23.0 Å². The molecule has 1 aromatic heterocycles. The number of hydrogen-bond acceptors (Lipinski definition) is 10. The van der Waals surface area contributed by atoms with Crippen LogP contribution in [0.3, 0.4) is 0 Å². The summed E-state index contributed by atoms with van der Waals surface area (Å²) in [6, 6.07) is 16.6. The van der Waals surface area contributed by atoms with Gasteiger partial charge in [-0.05, 0) is 38.0 Å². The van der Waals surface area contributed by atoms with E-state index in [1.165, 1.54) is 24.2 Å². The van der Waals surface area contributed by atoms with E-state index < -0.39 is 16.8 Å². The number of aromatic nitrogens is 2. The van der Waals surface area contributed by atoms with Crippen molar-refractivity contribution in [3.8, 4) is 0 Å². The van der Waals surface area contributed by atoms with Crippen LogP contribution in [-0.2, 0) is 9.53 Å². The first-order valence-electron chi connectivity index (χ1n) is 13.3. The van der Waals surface area contributed by atoms with Gasteiger partial charge in [-0.25, -0.2) is 4.79 Å². The number of nitro groups is 1. The first-order chi connectivity index (χ1) is 19.4. The number of hydrogen-bond donors (Lipinski definition) is 1. The second kappa shape index (κ2) is 12.1. The summed E-state index contributed by atoms with van der Waals surface area (Å²) in [6.45, 7) is 8.52. The number of nitrogens with zero attached hydrogens (tertiary/aromatic N) is 5. The Bertz CT molecular complexity index is 1410. The van der Waals surface area contributed by atoms with E-state index in [2.05, 4.69) is 49.6 Å². The van der Waals surface area contributed by atoms with Crippen molar-refractivity contribution in [1.82, 2.24) is 20.4 Å². The van der Waals surface area contributed by atoms with Crippen molar-refractivity contribution in [1.29, 1.82) is 0 Å². The number of para-hydroxylation sites is 1. The lowest BCUT2D eigenvalue weighted by atomic mass is 9.80. The molecule has 40 heavy (non-hydrogen) atoms. The van der Waals surface area contributed by atoms with Gasteiger partial charge in [0.1, 0.15) is 0 Å². The minimum absolute atomic E-state index is 0.0729. The topological polar surface area (TPSA) is 127 Å². The second-order valence-electron chi connectivity index (χ2n) is 9.89. The third-order valence-corrected chi connectivity index (χ3v) is 7.33. The highest BCUT2D eigenvalue weighted by Crippen LogP contribution is 2.43. The van der Waals surface area contributed by atoms with Crippen molar-refractivity contribution >= 4 is 22.9 Å². The molecule has 3 aromatic rings. The molecule has 0 aliphatic carbocycles. The summed E-state index contributed by atoms with van der Waals surface area (Å²) in [5.74, 6) is -0.936. The summed E-state index contributed by atoms with van der Waals surface area (Å²) >= 11 is 0. The van der Waals surface area contributed by atoms with Gasteiger partial charge in [0, 0.05) is 67.5 Å². The van der Waals surface area contributed by atoms with Crippen LogP contribution in [0.15, 0.2) is 82.4 Å². The van der Waals surface area contributed by atoms with E-state index in [1.807, 2.05) is 13.0 Å². The minimum atomic E-state index is -0.680. The highest BCUT2D eigenvalue weighted by atomic mass is 16.6. The Kier molecular flexibility index (Phi) is 8.20. The number of benzene rings is 2. The largest absolute Gasteiger partial charge is 0.462 e. The molecule has 1 fully saturated rings. The van der Waals surface area contributed by atoms with Gasteiger partial charge in [0.2, 0.25) is 12.3 Å². The number of nitro benzene ring substituents is 1. The molecule has 0 saturated carbocycles. The number of carbonyl (C=O) groups excluding carboxylic acids is 1. The van der Waals surface area contributed by atoms with Crippen molar-refractivity contribution in [2.75, 3.05) is 44.2 Å². The Morgan fingerprint density at radius 3 is 2.58 bits per heavy atom. The molecule has 1 N–H and O–H groups in total. The predicted octanol–water partition coefficient (Wildman–Crippen LogP) is 4.13. The van der Waals surface area contributed by atoms with Gasteiger partial charge in [0.25, 0.3) is 5.69 Å². The van der Waals surface area contributed by atoms with Crippen molar-refractivity contribution in [3.05, 3.63) is 99.5 Å². The lowest BCUT2D eigenvalue weighted by Crippen LogP contribution is -2.46. The van der Waals surface area contributed by atoms with Crippen LogP contribution >= 0.6 is 0 Å². The zero-order valence-electron chi connectivity index (χ0n) is 22.6. The third-order valence-electron chi connectivity index (χ3n) is 7.33. The van der Waals surface area contributed by atoms with Crippen molar-refractivity contribution < 1.29 is 18.9 Å². The fraction of sp³-hybridized carbons (Fsp3) is 0.345. The van der Waals surface area contributed by atoms with Crippen molar-refractivity contribution in [2.24, 2.45) is 0 Å². The van der Waals surface area contributed by atoms with Crippen LogP contribution < -0.4 is 10.2 Å². The summed E-state index contributed by atoms with van der Waals surface area (Å²) in [4.78, 5) is 29.3. The van der Waals surface area contributed by atoms with Gasteiger partial charge < -0.3 is 19.4 Å². The summed E-state index contributed by atoms with van der Waals surface area (Å²) < 4.78 is 11.3. The molecule has 0 spiro atoms. The molecule has 1 saturated heterocycles. The predicted molar refractivity (Wildman–Crippen MR) is 149 cm³/mol. The highest BCUT2D eigenvalue weighted by molar-refractivity contribution is 5.97. The second-order valence-corrected chi connectivity index (χ2v) is 9.89. The fourth-order valence-corrected chi connectivity index (χ4v) is 5.39. The van der Waals surface area contributed by atoms with Crippen LogP contribution in [0.25, 0.3) is 5.57 Å². The van der Waals surface area contributed by atoms with E-state index in [9.17, 15) is 14.9 Å². The maximum absolute atomic E-state index is 13.5. The molecule has 11 nitrogen and oxygen atoms in total. The fourth-order valence-electron chi connectivity index (χ4n) is 5.39. The SMILES string of the molecule is CC1=C(C(=O)OCCCN2CCN(c3ccccc3)CC2)C(c2cccc([N+](=O)[O-])c2)C(c2nnco2)=C(C)N1. The minimum Gasteiger partial charge on any atom is -0.462 e. The molecule has 2 aliphatic heterocycles. The van der Waals surface area contributed by atoms with Crippen LogP contribution in [-0.4, -0.2) is 65.3 Å². The molecule has 1 atom stereocenters. The number of esters is 1. The number of allylic oxidation sites excluding steroid dienone is 3. The zero-order chi connectivity index (χ0) is 28.1. The Morgan fingerprint density at radius 1 is 1.10 bits per heavy atom. The number of rotatable bonds is 9. The Balaban J connectivity index is 1.26. The van der Waals surface area contributed by atoms with Crippen molar-refractivity contribution in [2.45, 2.75) is 26.2 Å². The lowest BCUT2D eigenvalue weighted by molar-refractivity contribution is -0.384. The van der Waals surface area contributed by atoms with E-state index in [-0.39, 0.29) is 18.2 Å². The molecule has 208 valence electrons. The summed E-state index contributed by atoms with van der Waals surface area (Å²) in [7, 11) is 0. The van der Waals surface area contributed by atoms with E-state index in [0.717, 1.165) is 32.7 Å². The normalized spacial score (nSPS) is 18.1. The van der Waals surface area contributed by atoms with E-state index in [4.69, 9.17) is 9.15 Å². The van der Waals surface area contributed by atoms with Gasteiger partial charge in [0.15, 0.2) is 0 Å². The van der Waals surface area contributed by atoms with Gasteiger partial charge in [-0.2, -0.15) is 0 Å². The van der Waals surface area contributed by atoms with Gasteiger partial charge in [-0.3, -0.25) is 15.0 Å². The highest BCUT2D eigenvalue weighted by Gasteiger charge is 2.37. The first kappa shape index (κ1) is 27.1. The first-order valence-corrected chi connectivity index (χ1v) is 13.3. The third kappa shape index (κ3) is 5.89. The van der Waals surface area contributed by atoms with Crippen LogP contribution in [0.5, 0.6) is 0 Å². The average molecular weight is 545 g/mol. The average Bonchev–Trinajstić information content (AvgIpc) is 3.50. The molecule has 5 rings (SSSR count). The Morgan fingerprint density at radius 2 is 1.88 bits per heavy atom. The maximum Gasteiger partial charge on any atom is 0.336 e. The number of nitrogens with one attached hydrogen (secondary N) is 1. The lowest BCUT2D eigenvalue weighted by Gasteiger charge is -2.36. The van der Waals surface area contributed by atoms with Gasteiger partial charge >= 0.3 is 5.97 Å². The molecule has 3 heterocycles. The molecule has 2 aliphatic rings. The van der Waals surface area contributed by atoms with Gasteiger partial charge in [-0.1, -0.05) is 30.3 Å². The molecule has 2 aromatic carbocycles. The zero-order valence-corrected chi connectivity index (χ0v) is 22.6. The molecule has 0 bridgehead atoms. The molecular weight excluding hydrogens is 512 g/mol. The van der Waals surface area contributed by atoms with Crippen LogP contribution in [0.4, 0.5) is 11.4 Å². The molecule has 1 unspecified atom stereocenters. The van der Waals surface area contributed by atoms with Crippen molar-refractivity contribution in [3.63, 3.8) is 0 Å². The number of non-ortho nitro benzene ring substituents is 1. The summed E-state index contributed by atoms with van der Waals surface area (Å²) in [5.41, 5.74) is 3.98. The van der Waals surface area contributed by atoms with Crippen LogP contribution in [0.1, 0.15) is 37.6 Å². The summed E-state index contributed by atoms with van der Waals surface area (Å²) in [6.07, 6.45) is 1.91. The summed E-state index contributed by atoms with van der Waals surface area (Å²) in [5, 5.41) is 22.6. The molecule has 11 heteroatoms. The molecule has 0 amide bonds. The smallest absolute Gasteiger partial charge is 0.336 e. The maximum atomic E-state index is 13.5. The number of carbonyl (C=O) groups is 1. The van der Waals surface area contributed by atoms with E-state index in [0.29, 0.717) is 34.5 Å². The van der Waals surface area contributed by atoms with E-state index in [1.54, 1.807) is 19.1 Å². The molecular formula is C29H32N6O5. The Hall–Kier alpha value is -4.51. The van der Waals surface area contributed by atoms with Crippen LogP contribution in [0, 0.1) is 10.1 Å². The van der Waals surface area contributed by atoms with E-state index >= 15 is 0 Å². The Labute approximate surface area is 232 Å².